The van der Waals surface area contributed by atoms with E-state index in [1.807, 2.05) is 60.7 Å². The molecular formula is C56H63N7O12. The lowest BCUT2D eigenvalue weighted by Crippen LogP contribution is -2.51. The van der Waals surface area contributed by atoms with Gasteiger partial charge in [0.1, 0.15) is 6.04 Å². The first-order valence-electron chi connectivity index (χ1n) is 24.5. The van der Waals surface area contributed by atoms with Gasteiger partial charge in [-0.25, -0.2) is 4.68 Å². The number of aryl methyl sites for hydroxylation is 1. The van der Waals surface area contributed by atoms with Gasteiger partial charge in [0.05, 0.1) is 43.1 Å². The average Bonchev–Trinajstić information content (AvgIpc) is 3.81. The first-order valence-corrected chi connectivity index (χ1v) is 24.5. The number of hydrogen-bond acceptors (Lipinski definition) is 11. The molecular weight excluding hydrogens is 963 g/mol. The number of nitrogens with two attached hydrogens (primary N) is 1. The van der Waals surface area contributed by atoms with Crippen LogP contribution in [0.5, 0.6) is 0 Å². The van der Waals surface area contributed by atoms with Crippen molar-refractivity contribution in [2.75, 3.05) is 0 Å². The van der Waals surface area contributed by atoms with Crippen molar-refractivity contribution in [3.8, 4) is 0 Å². The highest BCUT2D eigenvalue weighted by molar-refractivity contribution is 6.04. The van der Waals surface area contributed by atoms with Crippen LogP contribution in [0, 0.1) is 17.8 Å². The topological polar surface area (TPSA) is 307 Å². The lowest BCUT2D eigenvalue weighted by Gasteiger charge is -2.26. The number of primary amides is 1. The van der Waals surface area contributed by atoms with Crippen molar-refractivity contribution in [1.82, 2.24) is 30.9 Å². The highest BCUT2D eigenvalue weighted by atomic mass is 16.4. The number of carbonyl (C=O) groups excluding carboxylic acids is 6. The summed E-state index contributed by atoms with van der Waals surface area (Å²) in [5, 5.41) is 44.0. The Morgan fingerprint density at radius 3 is 1.57 bits per heavy atom. The molecule has 0 saturated carbocycles. The molecule has 1 heterocycles. The number of aliphatic carboxylic acids is 3. The van der Waals surface area contributed by atoms with Crippen molar-refractivity contribution in [3.63, 3.8) is 0 Å². The van der Waals surface area contributed by atoms with Crippen LogP contribution in [0.1, 0.15) is 105 Å². The number of carbonyl (C=O) groups is 9. The van der Waals surface area contributed by atoms with Crippen LogP contribution in [0.2, 0.25) is 0 Å². The maximum absolute atomic E-state index is 13.8. The zero-order valence-electron chi connectivity index (χ0n) is 42.2. The molecule has 0 aliphatic heterocycles. The van der Waals surface area contributed by atoms with E-state index < -0.39 is 128 Å². The highest BCUT2D eigenvalue weighted by Gasteiger charge is 2.35. The molecule has 4 amide bonds. The van der Waals surface area contributed by atoms with Crippen LogP contribution in [-0.2, 0) is 62.5 Å². The Hall–Kier alpha value is -8.61. The fourth-order valence-electron chi connectivity index (χ4n) is 8.62. The number of rotatable bonds is 29. The van der Waals surface area contributed by atoms with Gasteiger partial charge in [-0.05, 0) is 63.3 Å². The quantitative estimate of drug-likeness (QED) is 0.0310. The highest BCUT2D eigenvalue weighted by Crippen LogP contribution is 2.37. The standard InChI is InChI=1S/C56H63N7O12/c1-5-35-16-20-39(21-17-35)51(37-12-8-6-9-13-37)52(38-14-10-7-11-15-38)40-22-18-36(19-23-40)31-63-32-43(61-62-63)29-45(54(57)73)59-56(75)42(28-49(69)70)27-47(66)53(33(2)3)60-55(74)41(24-25-48(67)68)26-46(65)44(30-50(71)72)58-34(4)64/h6-23,32-33,41-42,44-45,53H,5,24-31H2,1-4H3,(H2,57,73)(H,58,64)(H,59,75)(H,60,74)(H,67,68)(H,69,70)(H,71,72)/b52-51-/t41-,42+,44+,45+,53+/m0/s1. The number of benzene rings is 4. The first-order chi connectivity index (χ1) is 35.7. The van der Waals surface area contributed by atoms with E-state index in [-0.39, 0.29) is 18.7 Å². The molecule has 0 spiro atoms. The van der Waals surface area contributed by atoms with Gasteiger partial charge < -0.3 is 37.0 Å². The van der Waals surface area contributed by atoms with Gasteiger partial charge in [0.25, 0.3) is 0 Å². The zero-order chi connectivity index (χ0) is 54.8. The lowest BCUT2D eigenvalue weighted by atomic mass is 9.85. The van der Waals surface area contributed by atoms with Crippen LogP contribution in [0.25, 0.3) is 11.1 Å². The number of carboxylic acids is 3. The van der Waals surface area contributed by atoms with E-state index in [0.29, 0.717) is 0 Å². The van der Waals surface area contributed by atoms with E-state index >= 15 is 0 Å². The Bertz CT molecular complexity index is 2850. The summed E-state index contributed by atoms with van der Waals surface area (Å²) in [6.45, 7) is 6.56. The average molecular weight is 1030 g/mol. The number of Topliss-reactive ketones (excluding diaryl/α,β-unsaturated/α-hetero) is 2. The molecule has 0 aliphatic carbocycles. The molecule has 75 heavy (non-hydrogen) atoms. The molecule has 4 aromatic carbocycles. The molecule has 5 atom stereocenters. The minimum atomic E-state index is -1.56. The number of amides is 4. The molecule has 5 rings (SSSR count). The molecule has 0 saturated heterocycles. The first kappa shape index (κ1) is 57.3. The van der Waals surface area contributed by atoms with Crippen LogP contribution in [0.3, 0.4) is 0 Å². The fraction of sp³-hybridized carbons (Fsp3) is 0.339. The summed E-state index contributed by atoms with van der Waals surface area (Å²) < 4.78 is 1.55. The third-order valence-corrected chi connectivity index (χ3v) is 12.5. The van der Waals surface area contributed by atoms with E-state index in [2.05, 4.69) is 81.7 Å². The number of aromatic nitrogens is 3. The SMILES string of the molecule is CCc1ccc(/C(=C(/c2ccccc2)c2ccc(Cn3cc(C[C@@H](NC(=O)[C@@H](CC(=O)O)CC(=O)[C@H](NC(=O)[C@@H](CCC(=O)O)CC(=O)[C@@H](CC(=O)O)NC(C)=O)C(C)C)C(N)=O)nn3)cc2)c2ccccc2)cc1. The van der Waals surface area contributed by atoms with Gasteiger partial charge in [0.15, 0.2) is 11.6 Å². The monoisotopic (exact) mass is 1030 g/mol. The molecule has 8 N–H and O–H groups in total. The van der Waals surface area contributed by atoms with Crippen molar-refractivity contribution in [2.24, 2.45) is 23.5 Å². The Kier molecular flexibility index (Phi) is 21.0. The van der Waals surface area contributed by atoms with E-state index in [4.69, 9.17) is 5.73 Å². The summed E-state index contributed by atoms with van der Waals surface area (Å²) in [6.07, 6.45) is -1.80. The third-order valence-electron chi connectivity index (χ3n) is 12.5. The smallest absolute Gasteiger partial charge is 0.305 e. The van der Waals surface area contributed by atoms with Gasteiger partial charge in [-0.15, -0.1) is 5.10 Å². The zero-order valence-corrected chi connectivity index (χ0v) is 42.2. The van der Waals surface area contributed by atoms with Gasteiger partial charge in [-0.3, -0.25) is 43.2 Å². The second-order valence-corrected chi connectivity index (χ2v) is 18.7. The Labute approximate surface area is 434 Å². The van der Waals surface area contributed by atoms with E-state index in [1.54, 1.807) is 24.7 Å². The maximum atomic E-state index is 13.8. The van der Waals surface area contributed by atoms with Crippen molar-refractivity contribution < 1.29 is 58.5 Å². The van der Waals surface area contributed by atoms with Crippen LogP contribution >= 0.6 is 0 Å². The molecule has 5 aromatic rings. The molecule has 0 fully saturated rings. The summed E-state index contributed by atoms with van der Waals surface area (Å²) in [5.74, 6) is -13.1. The van der Waals surface area contributed by atoms with Gasteiger partial charge in [-0.1, -0.05) is 135 Å². The second-order valence-electron chi connectivity index (χ2n) is 18.7. The van der Waals surface area contributed by atoms with Crippen LogP contribution < -0.4 is 21.7 Å². The van der Waals surface area contributed by atoms with Gasteiger partial charge >= 0.3 is 17.9 Å². The van der Waals surface area contributed by atoms with Crippen molar-refractivity contribution >= 4 is 64.2 Å². The molecule has 1 aromatic heterocycles. The van der Waals surface area contributed by atoms with Gasteiger partial charge in [0, 0.05) is 44.7 Å². The molecule has 19 heteroatoms. The summed E-state index contributed by atoms with van der Waals surface area (Å²) in [6, 6.07) is 32.8. The molecule has 394 valence electrons. The van der Waals surface area contributed by atoms with E-state index in [9.17, 15) is 58.5 Å². The summed E-state index contributed by atoms with van der Waals surface area (Å²) >= 11 is 0. The molecule has 0 aliphatic rings. The van der Waals surface area contributed by atoms with Gasteiger partial charge in [0.2, 0.25) is 23.6 Å². The lowest BCUT2D eigenvalue weighted by molar-refractivity contribution is -0.143. The van der Waals surface area contributed by atoms with Crippen LogP contribution in [0.4, 0.5) is 0 Å². The third kappa shape index (κ3) is 17.3. The molecule has 0 radical (unpaired) electrons. The molecule has 0 unspecified atom stereocenters. The number of hydrogen-bond donors (Lipinski definition) is 7. The second kappa shape index (κ2) is 27.4. The van der Waals surface area contributed by atoms with Crippen LogP contribution in [0.15, 0.2) is 115 Å². The van der Waals surface area contributed by atoms with Crippen LogP contribution in [-0.4, -0.2) is 102 Å². The summed E-state index contributed by atoms with van der Waals surface area (Å²) in [5.41, 5.74) is 14.4. The van der Waals surface area contributed by atoms with Gasteiger partial charge in [-0.2, -0.15) is 0 Å². The fourth-order valence-corrected chi connectivity index (χ4v) is 8.62. The van der Waals surface area contributed by atoms with E-state index in [0.717, 1.165) is 52.3 Å². The number of nitrogens with zero attached hydrogens (tertiary/aromatic N) is 3. The largest absolute Gasteiger partial charge is 0.481 e. The number of ketones is 2. The molecule has 19 nitrogen and oxygen atoms in total. The van der Waals surface area contributed by atoms with Crippen molar-refractivity contribution in [1.29, 1.82) is 0 Å². The van der Waals surface area contributed by atoms with Crippen molar-refractivity contribution in [3.05, 3.63) is 154 Å². The maximum Gasteiger partial charge on any atom is 0.305 e. The predicted octanol–water partition coefficient (Wildman–Crippen LogP) is 5.02. The summed E-state index contributed by atoms with van der Waals surface area (Å²) in [4.78, 5) is 114. The minimum absolute atomic E-state index is 0.239. The predicted molar refractivity (Wildman–Crippen MR) is 276 cm³/mol. The molecule has 0 bridgehead atoms. The Morgan fingerprint density at radius 2 is 1.09 bits per heavy atom. The van der Waals surface area contributed by atoms with E-state index in [1.165, 1.54) is 5.56 Å². The number of nitrogens with one attached hydrogen (secondary N) is 3. The summed E-state index contributed by atoms with van der Waals surface area (Å²) in [7, 11) is 0. The normalized spacial score (nSPS) is 13.5. The Balaban J connectivity index is 1.30. The minimum Gasteiger partial charge on any atom is -0.481 e. The van der Waals surface area contributed by atoms with Crippen molar-refractivity contribution in [2.45, 2.75) is 104 Å². The Morgan fingerprint density at radius 1 is 0.587 bits per heavy atom. The number of carboxylic acid groups (broad SMARTS) is 3.